The van der Waals surface area contributed by atoms with E-state index in [1.54, 1.807) is 30.2 Å². The van der Waals surface area contributed by atoms with Crippen molar-refractivity contribution in [1.82, 2.24) is 20.2 Å². The predicted molar refractivity (Wildman–Crippen MR) is 146 cm³/mol. The maximum Gasteiger partial charge on any atom is 0.161 e. The fraction of sp³-hybridized carbons (Fsp3) is 0. The number of fused-ring (bicyclic) bond motifs is 2. The predicted octanol–water partition coefficient (Wildman–Crippen LogP) is 7.72. The molecular weight excluding hydrogens is 508 g/mol. The second kappa shape index (κ2) is 9.55. The Hall–Kier alpha value is -4.03. The number of aromatic nitrogens is 4. The van der Waals surface area contributed by atoms with E-state index < -0.39 is 0 Å². The van der Waals surface area contributed by atoms with Crippen LogP contribution in [0.25, 0.3) is 32.4 Å². The lowest BCUT2D eigenvalue weighted by Gasteiger charge is -2.11. The van der Waals surface area contributed by atoms with Gasteiger partial charge < -0.3 is 5.32 Å². The number of thiophene rings is 1. The van der Waals surface area contributed by atoms with Gasteiger partial charge in [-0.05, 0) is 48.5 Å². The number of nitrogens with one attached hydrogen (secondary N) is 1. The molecule has 0 fully saturated rings. The minimum absolute atomic E-state index is 0.576. The van der Waals surface area contributed by atoms with Crippen LogP contribution in [0.1, 0.15) is 4.88 Å². The summed E-state index contributed by atoms with van der Waals surface area (Å²) in [6, 6.07) is 25.8. The fourth-order valence-electron chi connectivity index (χ4n) is 3.82. The molecular formula is C27H15ClN6S2. The van der Waals surface area contributed by atoms with Gasteiger partial charge in [-0.15, -0.1) is 21.5 Å². The number of benzene rings is 2. The molecule has 0 saturated heterocycles. The summed E-state index contributed by atoms with van der Waals surface area (Å²) >= 11 is 9.11. The zero-order chi connectivity index (χ0) is 24.5. The summed E-state index contributed by atoms with van der Waals surface area (Å²) in [5.74, 6) is 0.669. The van der Waals surface area contributed by atoms with Gasteiger partial charge in [-0.2, -0.15) is 5.26 Å². The third kappa shape index (κ3) is 4.36. The van der Waals surface area contributed by atoms with Crippen LogP contribution in [0.5, 0.6) is 0 Å². The molecule has 0 radical (unpaired) electrons. The zero-order valence-electron chi connectivity index (χ0n) is 18.5. The second-order valence-electron chi connectivity index (χ2n) is 7.80. The molecule has 172 valence electrons. The number of halogens is 1. The highest BCUT2D eigenvalue weighted by molar-refractivity contribution is 7.99. The van der Waals surface area contributed by atoms with Crippen LogP contribution >= 0.6 is 34.7 Å². The average Bonchev–Trinajstić information content (AvgIpc) is 3.35. The SMILES string of the molecule is N#Cc1cc2nccc(Sc3ccc(Nc4nnc(-c5ccc(Cl)cn5)c5ccccc45)cc3)c2s1. The lowest BCUT2D eigenvalue weighted by molar-refractivity contribution is 1.05. The van der Waals surface area contributed by atoms with Crippen molar-refractivity contribution >= 4 is 67.2 Å². The molecule has 4 heterocycles. The summed E-state index contributed by atoms with van der Waals surface area (Å²) < 4.78 is 1.03. The number of hydrogen-bond acceptors (Lipinski definition) is 8. The summed E-state index contributed by atoms with van der Waals surface area (Å²) in [6.07, 6.45) is 3.39. The summed E-state index contributed by atoms with van der Waals surface area (Å²) in [5.41, 5.74) is 3.17. The number of nitriles is 1. The van der Waals surface area contributed by atoms with Gasteiger partial charge in [0.2, 0.25) is 0 Å². The van der Waals surface area contributed by atoms with Gasteiger partial charge in [-0.25, -0.2) is 0 Å². The van der Waals surface area contributed by atoms with Crippen LogP contribution in [-0.2, 0) is 0 Å². The Morgan fingerprint density at radius 3 is 2.53 bits per heavy atom. The van der Waals surface area contributed by atoms with Crippen LogP contribution in [-0.4, -0.2) is 20.2 Å². The number of rotatable bonds is 5. The number of anilines is 2. The lowest BCUT2D eigenvalue weighted by Crippen LogP contribution is -1.99. The van der Waals surface area contributed by atoms with E-state index in [1.165, 1.54) is 11.3 Å². The molecule has 36 heavy (non-hydrogen) atoms. The topological polar surface area (TPSA) is 87.4 Å². The standard InChI is InChI=1S/C27H15ClN6S2/c28-16-5-10-22(31-15-16)25-20-3-1-2-4-21(20)27(34-33-25)32-17-6-8-18(9-7-17)35-24-11-12-30-23-13-19(14-29)36-26(23)24/h1-13,15H,(H,32,34). The minimum Gasteiger partial charge on any atom is -0.338 e. The summed E-state index contributed by atoms with van der Waals surface area (Å²) in [6.45, 7) is 0. The molecule has 6 nitrogen and oxygen atoms in total. The molecule has 0 atom stereocenters. The van der Waals surface area contributed by atoms with E-state index in [2.05, 4.69) is 43.7 Å². The number of pyridine rings is 2. The number of nitrogens with zero attached hydrogens (tertiary/aromatic N) is 5. The second-order valence-corrected chi connectivity index (χ2v) is 10.4. The summed E-state index contributed by atoms with van der Waals surface area (Å²) in [5, 5.41) is 24.0. The molecule has 0 saturated carbocycles. The Labute approximate surface area is 219 Å². The third-order valence-electron chi connectivity index (χ3n) is 5.49. The van der Waals surface area contributed by atoms with E-state index in [0.717, 1.165) is 36.5 Å². The zero-order valence-corrected chi connectivity index (χ0v) is 20.9. The van der Waals surface area contributed by atoms with Crippen molar-refractivity contribution in [3.05, 3.63) is 95.1 Å². The molecule has 0 amide bonds. The Balaban J connectivity index is 1.27. The molecule has 6 rings (SSSR count). The van der Waals surface area contributed by atoms with Gasteiger partial charge in [0, 0.05) is 38.6 Å². The van der Waals surface area contributed by atoms with E-state index in [1.807, 2.05) is 54.6 Å². The Kier molecular flexibility index (Phi) is 5.95. The van der Waals surface area contributed by atoms with Crippen LogP contribution < -0.4 is 5.32 Å². The molecule has 0 spiro atoms. The van der Waals surface area contributed by atoms with Crippen LogP contribution in [0.4, 0.5) is 11.5 Å². The van der Waals surface area contributed by atoms with Gasteiger partial charge >= 0.3 is 0 Å². The molecule has 0 aliphatic rings. The first-order valence-corrected chi connectivity index (χ1v) is 12.9. The quantitative estimate of drug-likeness (QED) is 0.248. The molecule has 0 aliphatic carbocycles. The van der Waals surface area contributed by atoms with E-state index in [0.29, 0.717) is 27.1 Å². The van der Waals surface area contributed by atoms with Gasteiger partial charge in [-0.3, -0.25) is 9.97 Å². The van der Waals surface area contributed by atoms with Gasteiger partial charge in [0.05, 0.1) is 20.9 Å². The van der Waals surface area contributed by atoms with Crippen molar-refractivity contribution in [3.63, 3.8) is 0 Å². The van der Waals surface area contributed by atoms with E-state index >= 15 is 0 Å². The van der Waals surface area contributed by atoms with Crippen LogP contribution in [0.15, 0.2) is 95.0 Å². The summed E-state index contributed by atoms with van der Waals surface area (Å²) in [4.78, 5) is 11.6. The van der Waals surface area contributed by atoms with Gasteiger partial charge in [-0.1, -0.05) is 47.6 Å². The first-order valence-electron chi connectivity index (χ1n) is 10.9. The van der Waals surface area contributed by atoms with Crippen LogP contribution in [0.3, 0.4) is 0 Å². The first-order chi connectivity index (χ1) is 17.7. The molecule has 0 bridgehead atoms. The van der Waals surface area contributed by atoms with E-state index in [4.69, 9.17) is 11.6 Å². The van der Waals surface area contributed by atoms with Gasteiger partial charge in [0.25, 0.3) is 0 Å². The van der Waals surface area contributed by atoms with Gasteiger partial charge in [0.15, 0.2) is 5.82 Å². The molecule has 1 N–H and O–H groups in total. The lowest BCUT2D eigenvalue weighted by atomic mass is 10.1. The Morgan fingerprint density at radius 1 is 0.917 bits per heavy atom. The number of hydrogen-bond donors (Lipinski definition) is 1. The Bertz CT molecular complexity index is 1760. The molecule has 2 aromatic carbocycles. The maximum absolute atomic E-state index is 9.22. The highest BCUT2D eigenvalue weighted by atomic mass is 35.5. The fourth-order valence-corrected chi connectivity index (χ4v) is 5.86. The first kappa shape index (κ1) is 22.4. The molecule has 6 aromatic rings. The molecule has 0 unspecified atom stereocenters. The normalized spacial score (nSPS) is 11.0. The Morgan fingerprint density at radius 2 is 1.75 bits per heavy atom. The largest absolute Gasteiger partial charge is 0.338 e. The van der Waals surface area contributed by atoms with Crippen molar-refractivity contribution in [3.8, 4) is 17.5 Å². The van der Waals surface area contributed by atoms with Crippen molar-refractivity contribution < 1.29 is 0 Å². The smallest absolute Gasteiger partial charge is 0.161 e. The monoisotopic (exact) mass is 522 g/mol. The van der Waals surface area contributed by atoms with Crippen molar-refractivity contribution in [1.29, 1.82) is 5.26 Å². The molecule has 0 aliphatic heterocycles. The highest BCUT2D eigenvalue weighted by Gasteiger charge is 2.13. The highest BCUT2D eigenvalue weighted by Crippen LogP contribution is 2.37. The van der Waals surface area contributed by atoms with Crippen LogP contribution in [0.2, 0.25) is 5.02 Å². The molecule has 4 aromatic heterocycles. The third-order valence-corrected chi connectivity index (χ3v) is 7.97. The maximum atomic E-state index is 9.22. The van der Waals surface area contributed by atoms with Crippen molar-refractivity contribution in [2.75, 3.05) is 5.32 Å². The van der Waals surface area contributed by atoms with E-state index in [9.17, 15) is 5.26 Å². The van der Waals surface area contributed by atoms with Crippen molar-refractivity contribution in [2.24, 2.45) is 0 Å². The minimum atomic E-state index is 0.576. The van der Waals surface area contributed by atoms with Crippen molar-refractivity contribution in [2.45, 2.75) is 9.79 Å². The molecule has 9 heteroatoms. The van der Waals surface area contributed by atoms with E-state index in [-0.39, 0.29) is 0 Å². The average molecular weight is 523 g/mol. The van der Waals surface area contributed by atoms with Gasteiger partial charge in [0.1, 0.15) is 16.6 Å². The summed E-state index contributed by atoms with van der Waals surface area (Å²) in [7, 11) is 0. The van der Waals surface area contributed by atoms with Crippen LogP contribution in [0, 0.1) is 11.3 Å².